The minimum Gasteiger partial charge on any atom is -0.494 e. The molecular weight excluding hydrogens is 651 g/mol. The minimum absolute atomic E-state index is 0.144. The maximum atomic E-state index is 13.6. The number of amides is 4. The van der Waals surface area contributed by atoms with Crippen LogP contribution in [0, 0.1) is 0 Å². The summed E-state index contributed by atoms with van der Waals surface area (Å²) in [6, 6.07) is 12.4. The first-order valence-corrected chi connectivity index (χ1v) is 14.6. The number of nitrogens with zero attached hydrogens (tertiary/aromatic N) is 1. The average molecular weight is 678 g/mol. The highest BCUT2D eigenvalue weighted by atomic mass is 79.9. The third-order valence-corrected chi connectivity index (χ3v) is 7.22. The lowest BCUT2D eigenvalue weighted by Gasteiger charge is -2.28. The number of imide groups is 2. The van der Waals surface area contributed by atoms with Gasteiger partial charge in [0.05, 0.1) is 40.0 Å². The standard InChI is InChI=1S/C30H27BrCl2N2O7/c1-4-39-19-8-10-25(40-5-2)24(15-19)35-29(37)20(28(36)34-30(35)38)11-18-12-21(31)27(26(14-18)41-6-3)42-16-17-7-9-22(32)23(33)13-17/h7-15H,4-6,16H2,1-3H3,(H,34,36,38)/b20-11+. The number of urea groups is 1. The lowest BCUT2D eigenvalue weighted by Crippen LogP contribution is -2.54. The largest absolute Gasteiger partial charge is 0.494 e. The summed E-state index contributed by atoms with van der Waals surface area (Å²) in [6.07, 6.45) is 1.37. The van der Waals surface area contributed by atoms with Crippen LogP contribution in [0.5, 0.6) is 23.0 Å². The van der Waals surface area contributed by atoms with Gasteiger partial charge in [-0.25, -0.2) is 9.69 Å². The summed E-state index contributed by atoms with van der Waals surface area (Å²) in [5.41, 5.74) is 1.12. The SMILES string of the molecule is CCOc1ccc(OCC)c(N2C(=O)NC(=O)/C(=C\c3cc(Br)c(OCc4ccc(Cl)c(Cl)c4)c(OCC)c3)C2=O)c1. The van der Waals surface area contributed by atoms with Gasteiger partial charge in [-0.15, -0.1) is 0 Å². The van der Waals surface area contributed by atoms with E-state index in [1.54, 1.807) is 49.4 Å². The summed E-state index contributed by atoms with van der Waals surface area (Å²) in [5, 5.41) is 3.08. The van der Waals surface area contributed by atoms with Crippen LogP contribution in [0.15, 0.2) is 58.6 Å². The molecule has 0 spiro atoms. The maximum Gasteiger partial charge on any atom is 0.336 e. The number of nitrogens with one attached hydrogen (secondary N) is 1. The number of hydrogen-bond donors (Lipinski definition) is 1. The van der Waals surface area contributed by atoms with Gasteiger partial charge in [-0.05, 0) is 90.3 Å². The molecule has 0 aromatic heterocycles. The zero-order chi connectivity index (χ0) is 30.4. The van der Waals surface area contributed by atoms with E-state index in [4.69, 9.17) is 42.1 Å². The Morgan fingerprint density at radius 2 is 1.55 bits per heavy atom. The molecule has 3 aromatic carbocycles. The summed E-state index contributed by atoms with van der Waals surface area (Å²) in [7, 11) is 0. The van der Waals surface area contributed by atoms with E-state index < -0.39 is 17.8 Å². The van der Waals surface area contributed by atoms with Gasteiger partial charge in [0, 0.05) is 6.07 Å². The monoisotopic (exact) mass is 676 g/mol. The Labute approximate surface area is 261 Å². The van der Waals surface area contributed by atoms with Crippen molar-refractivity contribution in [3.63, 3.8) is 0 Å². The third kappa shape index (κ3) is 7.00. The zero-order valence-electron chi connectivity index (χ0n) is 23.0. The molecular formula is C30H27BrCl2N2O7. The highest BCUT2D eigenvalue weighted by molar-refractivity contribution is 9.10. The van der Waals surface area contributed by atoms with Gasteiger partial charge in [-0.1, -0.05) is 29.3 Å². The van der Waals surface area contributed by atoms with E-state index in [0.29, 0.717) is 57.2 Å². The van der Waals surface area contributed by atoms with E-state index in [-0.39, 0.29) is 23.6 Å². The van der Waals surface area contributed by atoms with Crippen molar-refractivity contribution in [2.24, 2.45) is 0 Å². The van der Waals surface area contributed by atoms with Crippen LogP contribution in [0.25, 0.3) is 6.08 Å². The molecule has 0 unspecified atom stereocenters. The molecule has 42 heavy (non-hydrogen) atoms. The first kappa shape index (κ1) is 31.2. The number of anilines is 1. The van der Waals surface area contributed by atoms with E-state index in [2.05, 4.69) is 21.2 Å². The predicted molar refractivity (Wildman–Crippen MR) is 164 cm³/mol. The summed E-state index contributed by atoms with van der Waals surface area (Å²) in [6.45, 7) is 6.58. The van der Waals surface area contributed by atoms with Crippen LogP contribution in [0.3, 0.4) is 0 Å². The highest BCUT2D eigenvalue weighted by Crippen LogP contribution is 2.39. The number of carbonyl (C=O) groups excluding carboxylic acids is 3. The molecule has 1 fully saturated rings. The van der Waals surface area contributed by atoms with Crippen LogP contribution < -0.4 is 29.2 Å². The molecule has 9 nitrogen and oxygen atoms in total. The smallest absolute Gasteiger partial charge is 0.336 e. The molecule has 12 heteroatoms. The third-order valence-electron chi connectivity index (χ3n) is 5.89. The highest BCUT2D eigenvalue weighted by Gasteiger charge is 2.38. The minimum atomic E-state index is -0.904. The molecule has 0 atom stereocenters. The second kappa shape index (κ2) is 14.0. The van der Waals surface area contributed by atoms with Crippen molar-refractivity contribution >= 4 is 68.7 Å². The molecule has 0 bridgehead atoms. The summed E-state index contributed by atoms with van der Waals surface area (Å²) >= 11 is 15.6. The van der Waals surface area contributed by atoms with Gasteiger partial charge < -0.3 is 18.9 Å². The quantitative estimate of drug-likeness (QED) is 0.169. The molecule has 0 radical (unpaired) electrons. The molecule has 1 N–H and O–H groups in total. The molecule has 0 aliphatic carbocycles. The molecule has 220 valence electrons. The van der Waals surface area contributed by atoms with Crippen LogP contribution in [-0.2, 0) is 16.2 Å². The lowest BCUT2D eigenvalue weighted by atomic mass is 10.1. The molecule has 1 heterocycles. The molecule has 4 rings (SSSR count). The Morgan fingerprint density at radius 1 is 0.833 bits per heavy atom. The molecule has 0 saturated carbocycles. The van der Waals surface area contributed by atoms with Gasteiger partial charge in [0.1, 0.15) is 23.7 Å². The number of barbiturate groups is 1. The number of rotatable bonds is 11. The first-order chi connectivity index (χ1) is 20.2. The topological polar surface area (TPSA) is 103 Å². The van der Waals surface area contributed by atoms with Gasteiger partial charge in [0.25, 0.3) is 11.8 Å². The van der Waals surface area contributed by atoms with Crippen LogP contribution in [0.2, 0.25) is 10.0 Å². The normalized spacial score (nSPS) is 14.2. The molecule has 1 aliphatic heterocycles. The summed E-state index contributed by atoms with van der Waals surface area (Å²) in [4.78, 5) is 40.3. The van der Waals surface area contributed by atoms with Crippen molar-refractivity contribution in [2.45, 2.75) is 27.4 Å². The van der Waals surface area contributed by atoms with E-state index in [9.17, 15) is 14.4 Å². The second-order valence-electron chi connectivity index (χ2n) is 8.75. The zero-order valence-corrected chi connectivity index (χ0v) is 26.1. The lowest BCUT2D eigenvalue weighted by molar-refractivity contribution is -0.122. The fourth-order valence-electron chi connectivity index (χ4n) is 4.11. The average Bonchev–Trinajstić information content (AvgIpc) is 2.94. The van der Waals surface area contributed by atoms with Crippen LogP contribution in [0.1, 0.15) is 31.9 Å². The number of carbonyl (C=O) groups is 3. The van der Waals surface area contributed by atoms with E-state index in [0.717, 1.165) is 10.5 Å². The van der Waals surface area contributed by atoms with Crippen molar-refractivity contribution in [1.29, 1.82) is 0 Å². The van der Waals surface area contributed by atoms with Crippen LogP contribution >= 0.6 is 39.1 Å². The van der Waals surface area contributed by atoms with E-state index in [1.165, 1.54) is 12.1 Å². The van der Waals surface area contributed by atoms with Gasteiger partial charge in [-0.2, -0.15) is 0 Å². The maximum absolute atomic E-state index is 13.6. The Morgan fingerprint density at radius 3 is 2.24 bits per heavy atom. The van der Waals surface area contributed by atoms with Gasteiger partial charge in [-0.3, -0.25) is 14.9 Å². The number of halogens is 3. The number of ether oxygens (including phenoxy) is 4. The van der Waals surface area contributed by atoms with Crippen LogP contribution in [-0.4, -0.2) is 37.7 Å². The van der Waals surface area contributed by atoms with Crippen molar-refractivity contribution in [1.82, 2.24) is 5.32 Å². The van der Waals surface area contributed by atoms with Gasteiger partial charge in [0.15, 0.2) is 11.5 Å². The molecule has 3 aromatic rings. The fourth-order valence-corrected chi connectivity index (χ4v) is 5.00. The van der Waals surface area contributed by atoms with Crippen molar-refractivity contribution in [3.8, 4) is 23.0 Å². The molecule has 1 aliphatic rings. The van der Waals surface area contributed by atoms with Crippen molar-refractivity contribution < 1.29 is 33.3 Å². The Kier molecular flexibility index (Phi) is 10.4. The fraction of sp³-hybridized carbons (Fsp3) is 0.233. The predicted octanol–water partition coefficient (Wildman–Crippen LogP) is 7.20. The Bertz CT molecular complexity index is 1560. The van der Waals surface area contributed by atoms with Crippen molar-refractivity contribution in [3.05, 3.63) is 79.7 Å². The molecule has 4 amide bonds. The van der Waals surface area contributed by atoms with Crippen LogP contribution in [0.4, 0.5) is 10.5 Å². The Hall–Kier alpha value is -3.73. The number of hydrogen-bond acceptors (Lipinski definition) is 7. The second-order valence-corrected chi connectivity index (χ2v) is 10.4. The van der Waals surface area contributed by atoms with E-state index in [1.807, 2.05) is 13.8 Å². The van der Waals surface area contributed by atoms with E-state index >= 15 is 0 Å². The van der Waals surface area contributed by atoms with Gasteiger partial charge >= 0.3 is 6.03 Å². The van der Waals surface area contributed by atoms with Crippen molar-refractivity contribution in [2.75, 3.05) is 24.7 Å². The molecule has 1 saturated heterocycles. The number of benzene rings is 3. The summed E-state index contributed by atoms with van der Waals surface area (Å²) in [5.74, 6) is -0.167. The van der Waals surface area contributed by atoms with Gasteiger partial charge in [0.2, 0.25) is 0 Å². The first-order valence-electron chi connectivity index (χ1n) is 13.0. The summed E-state index contributed by atoms with van der Waals surface area (Å²) < 4.78 is 23.6. The Balaban J connectivity index is 1.69.